The average molecular weight is 249 g/mol. The first-order valence-corrected chi connectivity index (χ1v) is 7.08. The summed E-state index contributed by atoms with van der Waals surface area (Å²) in [7, 11) is 0. The summed E-state index contributed by atoms with van der Waals surface area (Å²) < 4.78 is 6.00. The molecule has 0 fully saturated rings. The minimum atomic E-state index is 0.286. The molecule has 0 amide bonds. The van der Waals surface area contributed by atoms with Crippen molar-refractivity contribution in [3.63, 3.8) is 0 Å². The first kappa shape index (κ1) is 15.0. The fourth-order valence-electron chi connectivity index (χ4n) is 1.93. The average Bonchev–Trinajstić information content (AvgIpc) is 2.33. The maximum atomic E-state index is 6.00. The molecule has 0 aliphatic heterocycles. The lowest BCUT2D eigenvalue weighted by Gasteiger charge is -2.17. The highest BCUT2D eigenvalue weighted by molar-refractivity contribution is 5.36. The summed E-state index contributed by atoms with van der Waals surface area (Å²) in [5.74, 6) is 1.03. The predicted molar refractivity (Wildman–Crippen MR) is 78.4 cm³/mol. The second-order valence-corrected chi connectivity index (χ2v) is 5.09. The van der Waals surface area contributed by atoms with E-state index in [-0.39, 0.29) is 6.10 Å². The first-order chi connectivity index (χ1) is 8.63. The Labute approximate surface area is 112 Å². The third kappa shape index (κ3) is 5.54. The van der Waals surface area contributed by atoms with Gasteiger partial charge in [0.05, 0.1) is 6.10 Å². The van der Waals surface area contributed by atoms with Crippen molar-refractivity contribution in [1.29, 1.82) is 0 Å². The zero-order valence-corrected chi connectivity index (χ0v) is 12.3. The summed E-state index contributed by atoms with van der Waals surface area (Å²) >= 11 is 0. The van der Waals surface area contributed by atoms with Crippen molar-refractivity contribution < 1.29 is 4.74 Å². The molecule has 0 saturated carbocycles. The molecule has 1 aromatic rings. The molecule has 102 valence electrons. The van der Waals surface area contributed by atoms with Crippen LogP contribution >= 0.6 is 0 Å². The van der Waals surface area contributed by atoms with Crippen molar-refractivity contribution in [2.24, 2.45) is 0 Å². The number of aryl methyl sites for hydroxylation is 2. The molecule has 1 aromatic carbocycles. The second kappa shape index (κ2) is 8.15. The molecule has 0 aliphatic carbocycles. The molecule has 1 rings (SSSR count). The molecule has 0 spiro atoms. The molecule has 2 heteroatoms. The summed E-state index contributed by atoms with van der Waals surface area (Å²) in [6.07, 6.45) is 3.76. The van der Waals surface area contributed by atoms with Crippen LogP contribution in [0.25, 0.3) is 0 Å². The van der Waals surface area contributed by atoms with E-state index in [1.807, 2.05) is 0 Å². The van der Waals surface area contributed by atoms with Crippen LogP contribution in [0.4, 0.5) is 0 Å². The zero-order valence-electron chi connectivity index (χ0n) is 12.3. The highest BCUT2D eigenvalue weighted by atomic mass is 16.5. The lowest BCUT2D eigenvalue weighted by Crippen LogP contribution is -2.19. The van der Waals surface area contributed by atoms with Gasteiger partial charge < -0.3 is 10.1 Å². The van der Waals surface area contributed by atoms with Crippen LogP contribution in [-0.4, -0.2) is 19.2 Å². The van der Waals surface area contributed by atoms with Gasteiger partial charge >= 0.3 is 0 Å². The molecule has 0 aliphatic rings. The third-order valence-electron chi connectivity index (χ3n) is 3.06. The van der Waals surface area contributed by atoms with Crippen LogP contribution in [0, 0.1) is 13.8 Å². The Hall–Kier alpha value is -1.02. The van der Waals surface area contributed by atoms with Crippen molar-refractivity contribution in [1.82, 2.24) is 5.32 Å². The lowest BCUT2D eigenvalue weighted by atomic mass is 10.1. The van der Waals surface area contributed by atoms with Crippen molar-refractivity contribution in [3.05, 3.63) is 29.3 Å². The summed E-state index contributed by atoms with van der Waals surface area (Å²) in [4.78, 5) is 0. The zero-order chi connectivity index (χ0) is 13.4. The monoisotopic (exact) mass is 249 g/mol. The van der Waals surface area contributed by atoms with E-state index < -0.39 is 0 Å². The van der Waals surface area contributed by atoms with E-state index in [0.29, 0.717) is 0 Å². The Bertz CT molecular complexity index is 349. The Kier molecular flexibility index (Phi) is 6.81. The lowest BCUT2D eigenvalue weighted by molar-refractivity contribution is 0.206. The molecule has 0 heterocycles. The Morgan fingerprint density at radius 2 is 2.00 bits per heavy atom. The van der Waals surface area contributed by atoms with Gasteiger partial charge in [-0.3, -0.25) is 0 Å². The van der Waals surface area contributed by atoms with Crippen LogP contribution in [0.2, 0.25) is 0 Å². The maximum absolute atomic E-state index is 6.00. The Balaban J connectivity index is 2.30. The first-order valence-electron chi connectivity index (χ1n) is 7.08. The minimum Gasteiger partial charge on any atom is -0.490 e. The third-order valence-corrected chi connectivity index (χ3v) is 3.06. The van der Waals surface area contributed by atoms with Crippen LogP contribution in [0.1, 0.15) is 44.2 Å². The van der Waals surface area contributed by atoms with Gasteiger partial charge in [-0.15, -0.1) is 0 Å². The molecule has 0 saturated heterocycles. The molecule has 1 N–H and O–H groups in total. The number of hydrogen-bond donors (Lipinski definition) is 1. The fraction of sp³-hybridized carbons (Fsp3) is 0.625. The largest absolute Gasteiger partial charge is 0.490 e. The topological polar surface area (TPSA) is 21.3 Å². The van der Waals surface area contributed by atoms with E-state index in [1.165, 1.54) is 24.0 Å². The second-order valence-electron chi connectivity index (χ2n) is 5.09. The van der Waals surface area contributed by atoms with E-state index in [0.717, 1.165) is 25.3 Å². The molecule has 1 unspecified atom stereocenters. The Morgan fingerprint density at radius 3 is 2.72 bits per heavy atom. The minimum absolute atomic E-state index is 0.286. The van der Waals surface area contributed by atoms with Crippen molar-refractivity contribution in [2.75, 3.05) is 13.1 Å². The van der Waals surface area contributed by atoms with Crippen molar-refractivity contribution >= 4 is 0 Å². The van der Waals surface area contributed by atoms with Gasteiger partial charge in [0, 0.05) is 0 Å². The molecular formula is C16H27NO. The van der Waals surface area contributed by atoms with Gasteiger partial charge in [-0.1, -0.05) is 19.1 Å². The van der Waals surface area contributed by atoms with Gasteiger partial charge in [0.1, 0.15) is 5.75 Å². The van der Waals surface area contributed by atoms with Gasteiger partial charge in [0.25, 0.3) is 0 Å². The number of rotatable bonds is 8. The van der Waals surface area contributed by atoms with Crippen LogP contribution < -0.4 is 10.1 Å². The van der Waals surface area contributed by atoms with E-state index in [1.54, 1.807) is 0 Å². The van der Waals surface area contributed by atoms with Crippen LogP contribution in [0.15, 0.2) is 18.2 Å². The number of ether oxygens (including phenoxy) is 1. The van der Waals surface area contributed by atoms with Crippen LogP contribution in [0.3, 0.4) is 0 Å². The Morgan fingerprint density at radius 1 is 1.22 bits per heavy atom. The van der Waals surface area contributed by atoms with E-state index >= 15 is 0 Å². The van der Waals surface area contributed by atoms with E-state index in [2.05, 4.69) is 51.2 Å². The molecule has 2 nitrogen and oxygen atoms in total. The van der Waals surface area contributed by atoms with Gasteiger partial charge in [0.15, 0.2) is 0 Å². The summed E-state index contributed by atoms with van der Waals surface area (Å²) in [6.45, 7) is 10.8. The van der Waals surface area contributed by atoms with E-state index in [9.17, 15) is 0 Å². The quantitative estimate of drug-likeness (QED) is 0.707. The van der Waals surface area contributed by atoms with Crippen LogP contribution in [0.5, 0.6) is 5.75 Å². The van der Waals surface area contributed by atoms with Gasteiger partial charge in [-0.25, -0.2) is 0 Å². The van der Waals surface area contributed by atoms with Gasteiger partial charge in [0.2, 0.25) is 0 Å². The maximum Gasteiger partial charge on any atom is 0.122 e. The molecule has 0 radical (unpaired) electrons. The van der Waals surface area contributed by atoms with Crippen LogP contribution in [-0.2, 0) is 0 Å². The SMILES string of the molecule is CCCNCCCC(C)Oc1cc(C)ccc1C. The molecule has 1 atom stereocenters. The van der Waals surface area contributed by atoms with Gasteiger partial charge in [-0.2, -0.15) is 0 Å². The molecule has 18 heavy (non-hydrogen) atoms. The standard InChI is InChI=1S/C16H27NO/c1-5-10-17-11-6-7-15(4)18-16-12-13(2)8-9-14(16)3/h8-9,12,15,17H,5-7,10-11H2,1-4H3. The molecule has 0 aromatic heterocycles. The van der Waals surface area contributed by atoms with Gasteiger partial charge in [-0.05, 0) is 70.3 Å². The predicted octanol–water partition coefficient (Wildman–Crippen LogP) is 3.85. The number of benzene rings is 1. The summed E-state index contributed by atoms with van der Waals surface area (Å²) in [5, 5.41) is 3.42. The molecule has 0 bridgehead atoms. The summed E-state index contributed by atoms with van der Waals surface area (Å²) in [6, 6.07) is 6.38. The summed E-state index contributed by atoms with van der Waals surface area (Å²) in [5.41, 5.74) is 2.48. The normalized spacial score (nSPS) is 12.4. The molecular weight excluding hydrogens is 222 g/mol. The van der Waals surface area contributed by atoms with E-state index in [4.69, 9.17) is 4.74 Å². The van der Waals surface area contributed by atoms with Crippen molar-refractivity contribution in [2.45, 2.75) is 53.1 Å². The smallest absolute Gasteiger partial charge is 0.122 e. The number of hydrogen-bond acceptors (Lipinski definition) is 2. The highest BCUT2D eigenvalue weighted by Gasteiger charge is 2.06. The number of nitrogens with one attached hydrogen (secondary N) is 1. The fourth-order valence-corrected chi connectivity index (χ4v) is 1.93. The van der Waals surface area contributed by atoms with Crippen molar-refractivity contribution in [3.8, 4) is 5.75 Å². The highest BCUT2D eigenvalue weighted by Crippen LogP contribution is 2.21.